The number of carbonyl (C=O) groups is 1. The number of alkyl halides is 2. The second kappa shape index (κ2) is 6.03. The highest BCUT2D eigenvalue weighted by atomic mass is 35.5. The number of halogens is 2. The Balaban J connectivity index is 2.67. The molecule has 0 aromatic carbocycles. The fourth-order valence-corrected chi connectivity index (χ4v) is 1.61. The topological polar surface area (TPSA) is 33.5 Å². The van der Waals surface area contributed by atoms with Gasteiger partial charge in [0.15, 0.2) is 5.76 Å². The molecule has 5 heteroatoms. The zero-order valence-electron chi connectivity index (χ0n) is 8.45. The van der Waals surface area contributed by atoms with E-state index in [0.29, 0.717) is 24.7 Å². The first kappa shape index (κ1) is 12.4. The Hall–Kier alpha value is -0.670. The first-order valence-corrected chi connectivity index (χ1v) is 5.65. The molecule has 1 rings (SSSR count). The summed E-state index contributed by atoms with van der Waals surface area (Å²) in [6, 6.07) is 3.30. The van der Waals surface area contributed by atoms with Crippen LogP contribution in [0.1, 0.15) is 17.5 Å². The standard InChI is InChI=1S/C10H13Cl2NO2/c1-8(12)7-13(5-4-11)10(14)9-3-2-6-15-9/h2-3,6,8H,4-5,7H2,1H3. The van der Waals surface area contributed by atoms with Gasteiger partial charge in [-0.25, -0.2) is 0 Å². The minimum absolute atomic E-state index is 0.105. The van der Waals surface area contributed by atoms with Crippen molar-refractivity contribution in [2.45, 2.75) is 12.3 Å². The van der Waals surface area contributed by atoms with Crippen molar-refractivity contribution in [3.63, 3.8) is 0 Å². The smallest absolute Gasteiger partial charge is 0.289 e. The second-order valence-electron chi connectivity index (χ2n) is 3.20. The van der Waals surface area contributed by atoms with E-state index in [-0.39, 0.29) is 11.3 Å². The number of carbonyl (C=O) groups excluding carboxylic acids is 1. The van der Waals surface area contributed by atoms with Gasteiger partial charge in [-0.2, -0.15) is 0 Å². The third-order valence-corrected chi connectivity index (χ3v) is 2.15. The fourth-order valence-electron chi connectivity index (χ4n) is 1.24. The largest absolute Gasteiger partial charge is 0.459 e. The summed E-state index contributed by atoms with van der Waals surface area (Å²) in [7, 11) is 0. The van der Waals surface area contributed by atoms with Crippen LogP contribution in [0.4, 0.5) is 0 Å². The van der Waals surface area contributed by atoms with Gasteiger partial charge < -0.3 is 9.32 Å². The van der Waals surface area contributed by atoms with E-state index in [1.54, 1.807) is 17.0 Å². The van der Waals surface area contributed by atoms with E-state index in [1.165, 1.54) is 6.26 Å². The lowest BCUT2D eigenvalue weighted by atomic mass is 10.3. The number of hydrogen-bond donors (Lipinski definition) is 0. The molecule has 0 spiro atoms. The molecule has 84 valence electrons. The van der Waals surface area contributed by atoms with Gasteiger partial charge in [-0.3, -0.25) is 4.79 Å². The molecule has 1 aromatic rings. The van der Waals surface area contributed by atoms with Gasteiger partial charge in [-0.1, -0.05) is 0 Å². The highest BCUT2D eigenvalue weighted by Crippen LogP contribution is 2.08. The molecule has 15 heavy (non-hydrogen) atoms. The van der Waals surface area contributed by atoms with Crippen LogP contribution in [0.15, 0.2) is 22.8 Å². The quantitative estimate of drug-likeness (QED) is 0.752. The summed E-state index contributed by atoms with van der Waals surface area (Å²) in [5, 5.41) is -0.105. The Morgan fingerprint density at radius 3 is 2.87 bits per heavy atom. The number of nitrogens with zero attached hydrogens (tertiary/aromatic N) is 1. The highest BCUT2D eigenvalue weighted by Gasteiger charge is 2.18. The predicted octanol–water partition coefficient (Wildman–Crippen LogP) is 2.59. The number of furan rings is 1. The molecular formula is C10H13Cl2NO2. The van der Waals surface area contributed by atoms with Crippen molar-refractivity contribution in [2.75, 3.05) is 19.0 Å². The van der Waals surface area contributed by atoms with Crippen molar-refractivity contribution < 1.29 is 9.21 Å². The van der Waals surface area contributed by atoms with E-state index < -0.39 is 0 Å². The van der Waals surface area contributed by atoms with Gasteiger partial charge in [0.05, 0.1) is 6.26 Å². The van der Waals surface area contributed by atoms with E-state index in [4.69, 9.17) is 27.6 Å². The van der Waals surface area contributed by atoms with Crippen LogP contribution in [0, 0.1) is 0 Å². The van der Waals surface area contributed by atoms with Gasteiger partial charge in [-0.15, -0.1) is 23.2 Å². The lowest BCUT2D eigenvalue weighted by molar-refractivity contribution is 0.0735. The normalized spacial score (nSPS) is 12.5. The summed E-state index contributed by atoms with van der Waals surface area (Å²) in [5.41, 5.74) is 0. The molecule has 0 aliphatic heterocycles. The zero-order chi connectivity index (χ0) is 11.3. The van der Waals surface area contributed by atoms with E-state index in [1.807, 2.05) is 6.92 Å². The van der Waals surface area contributed by atoms with E-state index in [9.17, 15) is 4.79 Å². The molecular weight excluding hydrogens is 237 g/mol. The van der Waals surface area contributed by atoms with Crippen molar-refractivity contribution >= 4 is 29.1 Å². The van der Waals surface area contributed by atoms with Gasteiger partial charge in [0.25, 0.3) is 5.91 Å². The third-order valence-electron chi connectivity index (χ3n) is 1.85. The maximum atomic E-state index is 11.8. The molecule has 0 saturated carbocycles. The lowest BCUT2D eigenvalue weighted by Gasteiger charge is -2.21. The van der Waals surface area contributed by atoms with Crippen molar-refractivity contribution in [1.82, 2.24) is 4.90 Å². The van der Waals surface area contributed by atoms with Gasteiger partial charge in [0, 0.05) is 24.3 Å². The average Bonchev–Trinajstić information content (AvgIpc) is 2.68. The molecule has 0 aliphatic carbocycles. The SMILES string of the molecule is CC(Cl)CN(CCCl)C(=O)c1ccco1. The minimum atomic E-state index is -0.173. The summed E-state index contributed by atoms with van der Waals surface area (Å²) in [6.07, 6.45) is 1.47. The lowest BCUT2D eigenvalue weighted by Crippen LogP contribution is -2.36. The van der Waals surface area contributed by atoms with Gasteiger partial charge in [0.1, 0.15) is 0 Å². The molecule has 0 aliphatic rings. The summed E-state index contributed by atoms with van der Waals surface area (Å²) >= 11 is 11.5. The second-order valence-corrected chi connectivity index (χ2v) is 4.32. The molecule has 3 nitrogen and oxygen atoms in total. The fraction of sp³-hybridized carbons (Fsp3) is 0.500. The Bertz CT molecular complexity index is 298. The monoisotopic (exact) mass is 249 g/mol. The molecule has 1 aromatic heterocycles. The Kier molecular flexibility index (Phi) is 4.99. The van der Waals surface area contributed by atoms with Crippen molar-refractivity contribution in [1.29, 1.82) is 0 Å². The van der Waals surface area contributed by atoms with E-state index in [0.717, 1.165) is 0 Å². The summed E-state index contributed by atoms with van der Waals surface area (Å²) in [5.74, 6) is 0.529. The van der Waals surface area contributed by atoms with Crippen LogP contribution < -0.4 is 0 Å². The van der Waals surface area contributed by atoms with Crippen LogP contribution in [0.25, 0.3) is 0 Å². The van der Waals surface area contributed by atoms with Crippen LogP contribution in [0.5, 0.6) is 0 Å². The molecule has 0 bridgehead atoms. The van der Waals surface area contributed by atoms with Crippen molar-refractivity contribution in [2.24, 2.45) is 0 Å². The summed E-state index contributed by atoms with van der Waals surface area (Å²) in [4.78, 5) is 13.4. The number of hydrogen-bond acceptors (Lipinski definition) is 2. The van der Waals surface area contributed by atoms with E-state index >= 15 is 0 Å². The van der Waals surface area contributed by atoms with E-state index in [2.05, 4.69) is 0 Å². The zero-order valence-corrected chi connectivity index (χ0v) is 9.96. The van der Waals surface area contributed by atoms with Crippen LogP contribution in [-0.2, 0) is 0 Å². The van der Waals surface area contributed by atoms with Crippen LogP contribution in [-0.4, -0.2) is 35.2 Å². The number of amides is 1. The van der Waals surface area contributed by atoms with Crippen LogP contribution >= 0.6 is 23.2 Å². The maximum Gasteiger partial charge on any atom is 0.289 e. The molecule has 0 fully saturated rings. The summed E-state index contributed by atoms with van der Waals surface area (Å²) in [6.45, 7) is 2.77. The Morgan fingerprint density at radius 2 is 2.40 bits per heavy atom. The van der Waals surface area contributed by atoms with Crippen LogP contribution in [0.2, 0.25) is 0 Å². The van der Waals surface area contributed by atoms with Gasteiger partial charge in [-0.05, 0) is 19.1 Å². The van der Waals surface area contributed by atoms with Crippen LogP contribution in [0.3, 0.4) is 0 Å². The molecule has 1 atom stereocenters. The third kappa shape index (κ3) is 3.76. The van der Waals surface area contributed by atoms with Crippen molar-refractivity contribution in [3.8, 4) is 0 Å². The van der Waals surface area contributed by atoms with Gasteiger partial charge in [0.2, 0.25) is 0 Å². The molecule has 1 unspecified atom stereocenters. The Labute approximate surface area is 98.9 Å². The molecule has 1 heterocycles. The first-order valence-electron chi connectivity index (χ1n) is 4.68. The molecule has 0 N–H and O–H groups in total. The maximum absolute atomic E-state index is 11.8. The number of rotatable bonds is 5. The minimum Gasteiger partial charge on any atom is -0.459 e. The van der Waals surface area contributed by atoms with Crippen molar-refractivity contribution in [3.05, 3.63) is 24.2 Å². The molecule has 0 radical (unpaired) electrons. The molecule has 0 saturated heterocycles. The average molecular weight is 250 g/mol. The van der Waals surface area contributed by atoms with Gasteiger partial charge >= 0.3 is 0 Å². The first-order chi connectivity index (χ1) is 7.15. The predicted molar refractivity (Wildman–Crippen MR) is 60.6 cm³/mol. The highest BCUT2D eigenvalue weighted by molar-refractivity contribution is 6.20. The molecule has 1 amide bonds. The Morgan fingerprint density at radius 1 is 1.67 bits per heavy atom. The summed E-state index contributed by atoms with van der Waals surface area (Å²) < 4.78 is 5.03.